The first-order valence-electron chi connectivity index (χ1n) is 4.11. The Kier molecular flexibility index (Phi) is 3.17. The lowest BCUT2D eigenvalue weighted by molar-refractivity contribution is -0.115. The molecule has 1 aromatic rings. The summed E-state index contributed by atoms with van der Waals surface area (Å²) in [5.41, 5.74) is 0.454. The van der Waals surface area contributed by atoms with Crippen molar-refractivity contribution in [2.75, 3.05) is 5.32 Å². The van der Waals surface area contributed by atoms with E-state index in [0.29, 0.717) is 12.1 Å². The predicted molar refractivity (Wildman–Crippen MR) is 50.1 cm³/mol. The summed E-state index contributed by atoms with van der Waals surface area (Å²) in [5.74, 6) is -1.24. The van der Waals surface area contributed by atoms with E-state index in [1.807, 2.05) is 0 Å². The van der Waals surface area contributed by atoms with Gasteiger partial charge in [-0.2, -0.15) is 0 Å². The number of nitrogens with zero attached hydrogens (tertiary/aromatic N) is 1. The Morgan fingerprint density at radius 1 is 1.50 bits per heavy atom. The number of carbonyl (C=O) groups is 2. The van der Waals surface area contributed by atoms with E-state index >= 15 is 0 Å². The van der Waals surface area contributed by atoms with Crippen LogP contribution in [0, 0.1) is 0 Å². The van der Waals surface area contributed by atoms with Crippen molar-refractivity contribution in [3.63, 3.8) is 0 Å². The van der Waals surface area contributed by atoms with Crippen LogP contribution in [0.15, 0.2) is 18.5 Å². The van der Waals surface area contributed by atoms with Crippen molar-refractivity contribution in [1.29, 1.82) is 0 Å². The highest BCUT2D eigenvalue weighted by molar-refractivity contribution is 5.93. The molecule has 74 valence electrons. The molecule has 5 heteroatoms. The molecule has 0 bridgehead atoms. The van der Waals surface area contributed by atoms with Gasteiger partial charge in [-0.15, -0.1) is 0 Å². The summed E-state index contributed by atoms with van der Waals surface area (Å²) in [7, 11) is 0. The minimum absolute atomic E-state index is 0.0545. The van der Waals surface area contributed by atoms with Crippen molar-refractivity contribution < 1.29 is 14.7 Å². The van der Waals surface area contributed by atoms with Gasteiger partial charge in [0, 0.05) is 12.6 Å². The number of amides is 1. The zero-order valence-electron chi connectivity index (χ0n) is 7.65. The number of aromatic nitrogens is 1. The molecule has 0 spiro atoms. The molecule has 0 saturated carbocycles. The van der Waals surface area contributed by atoms with E-state index in [1.54, 1.807) is 6.92 Å². The Morgan fingerprint density at radius 2 is 2.21 bits per heavy atom. The number of rotatable bonds is 3. The van der Waals surface area contributed by atoms with Crippen LogP contribution in [0.4, 0.5) is 5.69 Å². The molecule has 1 rings (SSSR count). The molecular formula is C9H10N2O3. The first-order valence-corrected chi connectivity index (χ1v) is 4.11. The molecular weight excluding hydrogens is 184 g/mol. The van der Waals surface area contributed by atoms with E-state index in [-0.39, 0.29) is 11.5 Å². The second kappa shape index (κ2) is 4.36. The number of aromatic carboxylic acids is 1. The van der Waals surface area contributed by atoms with Crippen molar-refractivity contribution in [2.45, 2.75) is 13.3 Å². The lowest BCUT2D eigenvalue weighted by atomic mass is 10.2. The molecule has 0 atom stereocenters. The van der Waals surface area contributed by atoms with Gasteiger partial charge in [0.1, 0.15) is 0 Å². The summed E-state index contributed by atoms with van der Waals surface area (Å²) in [4.78, 5) is 25.2. The highest BCUT2D eigenvalue weighted by Crippen LogP contribution is 2.08. The first-order chi connectivity index (χ1) is 6.63. The smallest absolute Gasteiger partial charge is 0.337 e. The molecule has 5 nitrogen and oxygen atoms in total. The Bertz CT molecular complexity index is 363. The van der Waals surface area contributed by atoms with Crippen molar-refractivity contribution in [3.05, 3.63) is 24.0 Å². The molecule has 1 aromatic heterocycles. The van der Waals surface area contributed by atoms with Gasteiger partial charge < -0.3 is 10.4 Å². The van der Waals surface area contributed by atoms with Crippen LogP contribution in [-0.2, 0) is 4.79 Å². The zero-order valence-corrected chi connectivity index (χ0v) is 7.65. The van der Waals surface area contributed by atoms with Gasteiger partial charge in [0.25, 0.3) is 0 Å². The number of carboxylic acid groups (broad SMARTS) is 1. The van der Waals surface area contributed by atoms with Crippen LogP contribution >= 0.6 is 0 Å². The van der Waals surface area contributed by atoms with E-state index in [1.165, 1.54) is 18.5 Å². The minimum atomic E-state index is -1.06. The molecule has 0 aliphatic heterocycles. The number of anilines is 1. The lowest BCUT2D eigenvalue weighted by Gasteiger charge is -2.02. The molecule has 1 amide bonds. The third-order valence-corrected chi connectivity index (χ3v) is 1.59. The van der Waals surface area contributed by atoms with Crippen molar-refractivity contribution in [3.8, 4) is 0 Å². The average molecular weight is 194 g/mol. The first kappa shape index (κ1) is 10.2. The fourth-order valence-electron chi connectivity index (χ4n) is 0.875. The molecule has 1 heterocycles. The number of pyridine rings is 1. The van der Waals surface area contributed by atoms with Gasteiger partial charge in [0.15, 0.2) is 0 Å². The lowest BCUT2D eigenvalue weighted by Crippen LogP contribution is -2.10. The highest BCUT2D eigenvalue weighted by atomic mass is 16.4. The van der Waals surface area contributed by atoms with Crippen molar-refractivity contribution >= 4 is 17.6 Å². The molecule has 14 heavy (non-hydrogen) atoms. The van der Waals surface area contributed by atoms with Gasteiger partial charge in [-0.05, 0) is 6.07 Å². The van der Waals surface area contributed by atoms with E-state index < -0.39 is 5.97 Å². The maximum Gasteiger partial charge on any atom is 0.337 e. The quantitative estimate of drug-likeness (QED) is 0.755. The largest absolute Gasteiger partial charge is 0.478 e. The monoisotopic (exact) mass is 194 g/mol. The summed E-state index contributed by atoms with van der Waals surface area (Å²) < 4.78 is 0. The van der Waals surface area contributed by atoms with Gasteiger partial charge in [-0.25, -0.2) is 4.79 Å². The predicted octanol–water partition coefficient (Wildman–Crippen LogP) is 1.13. The number of carbonyl (C=O) groups excluding carboxylic acids is 1. The number of hydrogen-bond acceptors (Lipinski definition) is 3. The van der Waals surface area contributed by atoms with E-state index in [2.05, 4.69) is 10.3 Å². The molecule has 0 unspecified atom stereocenters. The van der Waals surface area contributed by atoms with Crippen LogP contribution in [0.25, 0.3) is 0 Å². The standard InChI is InChI=1S/C9H10N2O3/c1-2-8(12)11-7-3-6(9(13)14)4-10-5-7/h3-5H,2H2,1H3,(H,11,12)(H,13,14). The van der Waals surface area contributed by atoms with E-state index in [0.717, 1.165) is 0 Å². The summed E-state index contributed by atoms with van der Waals surface area (Å²) in [6, 6.07) is 1.36. The van der Waals surface area contributed by atoms with Gasteiger partial charge in [-0.1, -0.05) is 6.92 Å². The Labute approximate surface area is 80.8 Å². The second-order valence-electron chi connectivity index (χ2n) is 2.67. The zero-order chi connectivity index (χ0) is 10.6. The van der Waals surface area contributed by atoms with Gasteiger partial charge in [0.2, 0.25) is 5.91 Å². The van der Waals surface area contributed by atoms with E-state index in [4.69, 9.17) is 5.11 Å². The third kappa shape index (κ3) is 2.55. The summed E-state index contributed by atoms with van der Waals surface area (Å²) in [6.07, 6.45) is 2.97. The van der Waals surface area contributed by atoms with Crippen LogP contribution in [-0.4, -0.2) is 22.0 Å². The van der Waals surface area contributed by atoms with Gasteiger partial charge in [0.05, 0.1) is 17.4 Å². The average Bonchev–Trinajstić information content (AvgIpc) is 2.18. The van der Waals surface area contributed by atoms with Crippen LogP contribution in [0.2, 0.25) is 0 Å². The Hall–Kier alpha value is -1.91. The second-order valence-corrected chi connectivity index (χ2v) is 2.67. The Morgan fingerprint density at radius 3 is 2.79 bits per heavy atom. The van der Waals surface area contributed by atoms with Crippen LogP contribution in [0.1, 0.15) is 23.7 Å². The van der Waals surface area contributed by atoms with Crippen molar-refractivity contribution in [2.24, 2.45) is 0 Å². The van der Waals surface area contributed by atoms with Gasteiger partial charge in [-0.3, -0.25) is 9.78 Å². The van der Waals surface area contributed by atoms with Crippen LogP contribution in [0.5, 0.6) is 0 Å². The SMILES string of the molecule is CCC(=O)Nc1cncc(C(=O)O)c1. The third-order valence-electron chi connectivity index (χ3n) is 1.59. The summed E-state index contributed by atoms with van der Waals surface area (Å²) >= 11 is 0. The van der Waals surface area contributed by atoms with E-state index in [9.17, 15) is 9.59 Å². The van der Waals surface area contributed by atoms with Crippen molar-refractivity contribution in [1.82, 2.24) is 4.98 Å². The number of nitrogens with one attached hydrogen (secondary N) is 1. The normalized spacial score (nSPS) is 9.50. The molecule has 0 saturated heterocycles. The highest BCUT2D eigenvalue weighted by Gasteiger charge is 2.05. The molecule has 2 N–H and O–H groups in total. The number of carboxylic acids is 1. The molecule has 0 fully saturated rings. The minimum Gasteiger partial charge on any atom is -0.478 e. The Balaban J connectivity index is 2.83. The number of hydrogen-bond donors (Lipinski definition) is 2. The fraction of sp³-hybridized carbons (Fsp3) is 0.222. The van der Waals surface area contributed by atoms with Crippen LogP contribution in [0.3, 0.4) is 0 Å². The molecule has 0 aliphatic rings. The summed E-state index contributed by atoms with van der Waals surface area (Å²) in [5, 5.41) is 11.2. The molecule has 0 aliphatic carbocycles. The van der Waals surface area contributed by atoms with Crippen LogP contribution < -0.4 is 5.32 Å². The maximum atomic E-state index is 11.0. The molecule has 0 radical (unpaired) electrons. The summed E-state index contributed by atoms with van der Waals surface area (Å²) in [6.45, 7) is 1.71. The topological polar surface area (TPSA) is 79.3 Å². The molecule has 0 aromatic carbocycles. The maximum absolute atomic E-state index is 11.0. The fourth-order valence-corrected chi connectivity index (χ4v) is 0.875. The van der Waals surface area contributed by atoms with Gasteiger partial charge >= 0.3 is 5.97 Å².